The Labute approximate surface area is 103 Å². The zero-order chi connectivity index (χ0) is 12.5. The zero-order valence-corrected chi connectivity index (χ0v) is 9.93. The Bertz CT molecular complexity index is 690. The van der Waals surface area contributed by atoms with Crippen molar-refractivity contribution in [1.82, 2.24) is 20.2 Å². The van der Waals surface area contributed by atoms with Crippen LogP contribution in [0.3, 0.4) is 0 Å². The lowest BCUT2D eigenvalue weighted by Gasteiger charge is -2.12. The fourth-order valence-electron chi connectivity index (χ4n) is 1.97. The number of rotatable bonds is 1. The van der Waals surface area contributed by atoms with E-state index in [2.05, 4.69) is 20.2 Å². The Kier molecular flexibility index (Phi) is 2.64. The van der Waals surface area contributed by atoms with Gasteiger partial charge in [0.2, 0.25) is 0 Å². The lowest BCUT2D eigenvalue weighted by atomic mass is 10.1. The first-order valence-corrected chi connectivity index (χ1v) is 5.75. The summed E-state index contributed by atoms with van der Waals surface area (Å²) in [6.07, 6.45) is 2.76. The van der Waals surface area contributed by atoms with E-state index in [-0.39, 0.29) is 5.56 Å². The molecule has 92 valence electrons. The fraction of sp³-hybridized carbons (Fsp3) is 0.333. The van der Waals surface area contributed by atoms with E-state index in [4.69, 9.17) is 4.74 Å². The van der Waals surface area contributed by atoms with E-state index >= 15 is 0 Å². The van der Waals surface area contributed by atoms with Crippen LogP contribution in [-0.4, -0.2) is 33.4 Å². The summed E-state index contributed by atoms with van der Waals surface area (Å²) >= 11 is 0. The third kappa shape index (κ3) is 1.91. The number of aromatic nitrogens is 4. The van der Waals surface area contributed by atoms with Crippen LogP contribution in [0.1, 0.15) is 17.9 Å². The van der Waals surface area contributed by atoms with Gasteiger partial charge >= 0.3 is 0 Å². The number of H-pyrrole nitrogens is 1. The molecule has 1 N–H and O–H groups in total. The lowest BCUT2D eigenvalue weighted by molar-refractivity contribution is 0.161. The van der Waals surface area contributed by atoms with Crippen molar-refractivity contribution in [3.63, 3.8) is 0 Å². The van der Waals surface area contributed by atoms with Gasteiger partial charge in [-0.1, -0.05) is 6.08 Å². The number of fused-ring (bicyclic) bond motifs is 1. The van der Waals surface area contributed by atoms with Gasteiger partial charge in [-0.25, -0.2) is 4.98 Å². The van der Waals surface area contributed by atoms with Crippen LogP contribution < -0.4 is 5.56 Å². The molecule has 0 fully saturated rings. The molecule has 1 aliphatic heterocycles. The maximum atomic E-state index is 11.8. The highest BCUT2D eigenvalue weighted by Gasteiger charge is 2.11. The van der Waals surface area contributed by atoms with Gasteiger partial charge in [0.1, 0.15) is 5.82 Å². The molecule has 0 saturated heterocycles. The summed E-state index contributed by atoms with van der Waals surface area (Å²) in [5.41, 5.74) is 1.99. The van der Waals surface area contributed by atoms with Gasteiger partial charge in [-0.2, -0.15) is 0 Å². The van der Waals surface area contributed by atoms with Crippen molar-refractivity contribution < 1.29 is 4.74 Å². The number of aromatic amines is 1. The molecule has 0 saturated carbocycles. The van der Waals surface area contributed by atoms with Crippen LogP contribution in [0.15, 0.2) is 16.9 Å². The van der Waals surface area contributed by atoms with Gasteiger partial charge in [0.25, 0.3) is 5.56 Å². The second-order valence-electron chi connectivity index (χ2n) is 4.17. The normalized spacial score (nSPS) is 15.7. The molecule has 0 spiro atoms. The smallest absolute Gasteiger partial charge is 0.260 e. The van der Waals surface area contributed by atoms with Gasteiger partial charge < -0.3 is 9.72 Å². The van der Waals surface area contributed by atoms with Crippen LogP contribution in [0, 0.1) is 6.92 Å². The highest BCUT2D eigenvalue weighted by Crippen LogP contribution is 2.19. The predicted molar refractivity (Wildman–Crippen MR) is 66.1 cm³/mol. The Morgan fingerprint density at radius 2 is 2.28 bits per heavy atom. The Morgan fingerprint density at radius 1 is 1.39 bits per heavy atom. The molecule has 6 nitrogen and oxygen atoms in total. The molecule has 0 aromatic carbocycles. The minimum absolute atomic E-state index is 0.179. The third-order valence-electron chi connectivity index (χ3n) is 2.88. The zero-order valence-electron chi connectivity index (χ0n) is 9.93. The van der Waals surface area contributed by atoms with Crippen LogP contribution in [0.5, 0.6) is 0 Å². The monoisotopic (exact) mass is 244 g/mol. The standard InChI is InChI=1S/C12H12N4O2/c1-7-13-11-9(12(17)14-7)6-10(15-16-11)8-2-4-18-5-3-8/h2,6H,3-5H2,1H3,(H,13,14,16,17). The number of aryl methyl sites for hydroxylation is 1. The van der Waals surface area contributed by atoms with Gasteiger partial charge in [-0.05, 0) is 25.0 Å². The van der Waals surface area contributed by atoms with Crippen LogP contribution in [0.2, 0.25) is 0 Å². The number of hydrogen-bond acceptors (Lipinski definition) is 5. The van der Waals surface area contributed by atoms with E-state index < -0.39 is 0 Å². The average molecular weight is 244 g/mol. The molecule has 3 heterocycles. The number of nitrogens with zero attached hydrogens (tertiary/aromatic N) is 3. The fourth-order valence-corrected chi connectivity index (χ4v) is 1.97. The highest BCUT2D eigenvalue weighted by atomic mass is 16.5. The van der Waals surface area contributed by atoms with Gasteiger partial charge in [0, 0.05) is 0 Å². The summed E-state index contributed by atoms with van der Waals surface area (Å²) in [6, 6.07) is 1.74. The summed E-state index contributed by atoms with van der Waals surface area (Å²) < 4.78 is 5.24. The van der Waals surface area contributed by atoms with Crippen molar-refractivity contribution in [2.75, 3.05) is 13.2 Å². The molecular formula is C12H12N4O2. The van der Waals surface area contributed by atoms with Gasteiger partial charge in [0.05, 0.1) is 24.3 Å². The van der Waals surface area contributed by atoms with Crippen molar-refractivity contribution >= 4 is 16.6 Å². The Balaban J connectivity index is 2.16. The molecule has 2 aromatic rings. The quantitative estimate of drug-likeness (QED) is 0.803. The molecule has 0 radical (unpaired) electrons. The second kappa shape index (κ2) is 4.30. The Morgan fingerprint density at radius 3 is 3.06 bits per heavy atom. The summed E-state index contributed by atoms with van der Waals surface area (Å²) in [5.74, 6) is 0.542. The first-order chi connectivity index (χ1) is 8.74. The highest BCUT2D eigenvalue weighted by molar-refractivity contribution is 5.77. The molecule has 0 bridgehead atoms. The number of hydrogen-bond donors (Lipinski definition) is 1. The average Bonchev–Trinajstić information content (AvgIpc) is 2.39. The topological polar surface area (TPSA) is 80.8 Å². The van der Waals surface area contributed by atoms with Crippen LogP contribution >= 0.6 is 0 Å². The summed E-state index contributed by atoms with van der Waals surface area (Å²) in [5, 5.41) is 8.61. The van der Waals surface area contributed by atoms with Gasteiger partial charge in [0.15, 0.2) is 5.65 Å². The lowest BCUT2D eigenvalue weighted by Crippen LogP contribution is -2.12. The second-order valence-corrected chi connectivity index (χ2v) is 4.17. The predicted octanol–water partition coefficient (Wildman–Crippen LogP) is 0.825. The number of ether oxygens (including phenoxy) is 1. The number of nitrogens with one attached hydrogen (secondary N) is 1. The molecule has 3 rings (SSSR count). The van der Waals surface area contributed by atoms with E-state index in [1.165, 1.54) is 0 Å². The first kappa shape index (κ1) is 11.0. The molecule has 0 atom stereocenters. The largest absolute Gasteiger partial charge is 0.377 e. The van der Waals surface area contributed by atoms with E-state index in [9.17, 15) is 4.79 Å². The van der Waals surface area contributed by atoms with Crippen LogP contribution in [-0.2, 0) is 4.74 Å². The molecule has 0 unspecified atom stereocenters. The van der Waals surface area contributed by atoms with Crippen molar-refractivity contribution in [3.05, 3.63) is 34.0 Å². The Hall–Kier alpha value is -2.08. The van der Waals surface area contributed by atoms with Gasteiger partial charge in [-0.15, -0.1) is 10.2 Å². The molecule has 18 heavy (non-hydrogen) atoms. The maximum absolute atomic E-state index is 11.8. The van der Waals surface area contributed by atoms with Crippen LogP contribution in [0.4, 0.5) is 0 Å². The van der Waals surface area contributed by atoms with E-state index in [0.717, 1.165) is 17.7 Å². The van der Waals surface area contributed by atoms with E-state index in [1.54, 1.807) is 13.0 Å². The van der Waals surface area contributed by atoms with Gasteiger partial charge in [-0.3, -0.25) is 4.79 Å². The van der Waals surface area contributed by atoms with Crippen molar-refractivity contribution in [1.29, 1.82) is 0 Å². The van der Waals surface area contributed by atoms with Crippen molar-refractivity contribution in [3.8, 4) is 0 Å². The van der Waals surface area contributed by atoms with Crippen molar-refractivity contribution in [2.24, 2.45) is 0 Å². The molecule has 2 aromatic heterocycles. The minimum Gasteiger partial charge on any atom is -0.377 e. The summed E-state index contributed by atoms with van der Waals surface area (Å²) in [6.45, 7) is 2.98. The molecule has 1 aliphatic rings. The summed E-state index contributed by atoms with van der Waals surface area (Å²) in [7, 11) is 0. The van der Waals surface area contributed by atoms with Crippen molar-refractivity contribution in [2.45, 2.75) is 13.3 Å². The molecule has 6 heteroatoms. The molecule has 0 amide bonds. The van der Waals surface area contributed by atoms with Crippen LogP contribution in [0.25, 0.3) is 16.6 Å². The van der Waals surface area contributed by atoms with E-state index in [0.29, 0.717) is 30.1 Å². The van der Waals surface area contributed by atoms with E-state index in [1.807, 2.05) is 6.08 Å². The minimum atomic E-state index is -0.179. The molecule has 0 aliphatic carbocycles. The third-order valence-corrected chi connectivity index (χ3v) is 2.88. The molecular weight excluding hydrogens is 232 g/mol. The summed E-state index contributed by atoms with van der Waals surface area (Å²) in [4.78, 5) is 18.6. The SMILES string of the molecule is Cc1nc2nnc(C3=CCOCC3)cc2c(=O)[nH]1. The first-order valence-electron chi connectivity index (χ1n) is 5.75. The maximum Gasteiger partial charge on any atom is 0.260 e.